The summed E-state index contributed by atoms with van der Waals surface area (Å²) in [7, 11) is 0. The molecular weight excluding hydrogens is 364 g/mol. The van der Waals surface area contributed by atoms with Crippen LogP contribution in [0.4, 0.5) is 0 Å². The van der Waals surface area contributed by atoms with Crippen LogP contribution in [0, 0.1) is 6.92 Å². The summed E-state index contributed by atoms with van der Waals surface area (Å²) in [5.41, 5.74) is 5.46. The number of aromatic nitrogens is 6. The van der Waals surface area contributed by atoms with Gasteiger partial charge in [-0.05, 0) is 50.6 Å². The van der Waals surface area contributed by atoms with E-state index in [1.54, 1.807) is 10.8 Å². The second kappa shape index (κ2) is 7.73. The van der Waals surface area contributed by atoms with E-state index in [9.17, 15) is 0 Å². The Balaban J connectivity index is 1.51. The van der Waals surface area contributed by atoms with Gasteiger partial charge in [0, 0.05) is 30.0 Å². The molecule has 0 amide bonds. The number of pyridine rings is 2. The van der Waals surface area contributed by atoms with Crippen LogP contribution in [0.3, 0.4) is 0 Å². The smallest absolute Gasteiger partial charge is 0.155 e. The van der Waals surface area contributed by atoms with Crippen molar-refractivity contribution in [3.8, 4) is 22.6 Å². The minimum absolute atomic E-state index is 0.477. The third-order valence-corrected chi connectivity index (χ3v) is 5.31. The van der Waals surface area contributed by atoms with Crippen molar-refractivity contribution in [2.24, 2.45) is 0 Å². The Bertz CT molecular complexity index is 1120. The molecule has 1 aliphatic heterocycles. The first-order chi connectivity index (χ1) is 14.3. The van der Waals surface area contributed by atoms with Crippen molar-refractivity contribution in [1.82, 2.24) is 40.2 Å². The van der Waals surface area contributed by atoms with E-state index in [4.69, 9.17) is 9.97 Å². The first-order valence-corrected chi connectivity index (χ1v) is 10.0. The van der Waals surface area contributed by atoms with Crippen LogP contribution in [0.2, 0.25) is 0 Å². The number of piperidine rings is 1. The number of hydrogen-bond donors (Lipinski definition) is 3. The maximum Gasteiger partial charge on any atom is 0.155 e. The first-order valence-electron chi connectivity index (χ1n) is 10.0. The Hall–Kier alpha value is -3.10. The predicted octanol–water partition coefficient (Wildman–Crippen LogP) is 2.33. The maximum atomic E-state index is 4.93. The number of imidazole rings is 1. The molecule has 0 aromatic carbocycles. The third kappa shape index (κ3) is 3.76. The summed E-state index contributed by atoms with van der Waals surface area (Å²) in [5.74, 6) is 0.908. The molecule has 0 aliphatic carbocycles. The van der Waals surface area contributed by atoms with Crippen LogP contribution in [-0.4, -0.2) is 48.7 Å². The van der Waals surface area contributed by atoms with E-state index in [0.717, 1.165) is 52.9 Å². The maximum absolute atomic E-state index is 4.93. The van der Waals surface area contributed by atoms with Crippen molar-refractivity contribution in [1.29, 1.82) is 0 Å². The zero-order valence-electron chi connectivity index (χ0n) is 16.4. The molecule has 8 heteroatoms. The number of rotatable bonds is 5. The third-order valence-electron chi connectivity index (χ3n) is 5.31. The summed E-state index contributed by atoms with van der Waals surface area (Å²) in [4.78, 5) is 17.4. The Morgan fingerprint density at radius 2 is 2.21 bits per heavy atom. The van der Waals surface area contributed by atoms with Crippen LogP contribution >= 0.6 is 0 Å². The molecule has 1 atom stereocenters. The highest BCUT2D eigenvalue weighted by Gasteiger charge is 2.18. The normalized spacial score (nSPS) is 17.1. The molecule has 0 bridgehead atoms. The fourth-order valence-electron chi connectivity index (χ4n) is 3.81. The highest BCUT2D eigenvalue weighted by atomic mass is 15.3. The molecule has 5 rings (SSSR count). The highest BCUT2D eigenvalue weighted by molar-refractivity contribution is 5.78. The van der Waals surface area contributed by atoms with Gasteiger partial charge in [0.1, 0.15) is 12.2 Å². The Morgan fingerprint density at radius 3 is 3.07 bits per heavy atom. The van der Waals surface area contributed by atoms with E-state index in [0.29, 0.717) is 12.6 Å². The Morgan fingerprint density at radius 1 is 1.24 bits per heavy atom. The van der Waals surface area contributed by atoms with Gasteiger partial charge in [0.15, 0.2) is 5.65 Å². The Labute approximate surface area is 168 Å². The zero-order valence-corrected chi connectivity index (χ0v) is 16.4. The van der Waals surface area contributed by atoms with Crippen molar-refractivity contribution in [2.75, 3.05) is 13.1 Å². The molecule has 0 spiro atoms. The molecule has 148 valence electrons. The molecule has 4 aromatic rings. The van der Waals surface area contributed by atoms with Crippen molar-refractivity contribution >= 4 is 5.65 Å². The van der Waals surface area contributed by atoms with E-state index >= 15 is 0 Å². The minimum atomic E-state index is 0.477. The molecule has 29 heavy (non-hydrogen) atoms. The van der Waals surface area contributed by atoms with Crippen LogP contribution in [-0.2, 0) is 6.54 Å². The number of aromatic amines is 1. The van der Waals surface area contributed by atoms with Gasteiger partial charge in [-0.3, -0.25) is 4.98 Å². The summed E-state index contributed by atoms with van der Waals surface area (Å²) in [6.07, 6.45) is 5.86. The van der Waals surface area contributed by atoms with Gasteiger partial charge in [-0.1, -0.05) is 6.07 Å². The van der Waals surface area contributed by atoms with Crippen LogP contribution in [0.15, 0.2) is 42.9 Å². The van der Waals surface area contributed by atoms with Crippen molar-refractivity contribution in [3.63, 3.8) is 0 Å². The summed E-state index contributed by atoms with van der Waals surface area (Å²) >= 11 is 0. The van der Waals surface area contributed by atoms with Gasteiger partial charge in [0.05, 0.1) is 23.6 Å². The zero-order chi connectivity index (χ0) is 19.6. The number of hydrogen-bond acceptors (Lipinski definition) is 6. The fourth-order valence-corrected chi connectivity index (χ4v) is 3.81. The largest absolute Gasteiger partial charge is 0.339 e. The molecular formula is C21H24N8. The predicted molar refractivity (Wildman–Crippen MR) is 111 cm³/mol. The lowest BCUT2D eigenvalue weighted by atomic mass is 10.1. The molecule has 1 unspecified atom stereocenters. The van der Waals surface area contributed by atoms with Crippen LogP contribution in [0.5, 0.6) is 0 Å². The fraction of sp³-hybridized carbons (Fsp3) is 0.333. The van der Waals surface area contributed by atoms with Crippen molar-refractivity contribution < 1.29 is 0 Å². The van der Waals surface area contributed by atoms with Gasteiger partial charge in [-0.15, -0.1) is 0 Å². The topological polar surface area (TPSA) is 95.8 Å². The standard InChI is InChI=1S/C21H24N8/c1-14-4-2-6-17(26-14)21-20(15-7-9-29-19(10-15)24-13-25-29)27-18(28-21)12-23-16-5-3-8-22-11-16/h2,4,6-7,9-10,13,16,22-23H,3,5,8,11-12H2,1H3,(H,27,28). The Kier molecular flexibility index (Phi) is 4.79. The quantitative estimate of drug-likeness (QED) is 0.486. The average Bonchev–Trinajstić information content (AvgIpc) is 3.39. The number of fused-ring (bicyclic) bond motifs is 1. The molecule has 1 fully saturated rings. The van der Waals surface area contributed by atoms with Gasteiger partial charge in [-0.2, -0.15) is 5.10 Å². The molecule has 0 radical (unpaired) electrons. The number of H-pyrrole nitrogens is 1. The molecule has 5 heterocycles. The number of nitrogens with zero attached hydrogens (tertiary/aromatic N) is 5. The van der Waals surface area contributed by atoms with Gasteiger partial charge in [-0.25, -0.2) is 14.5 Å². The second-order valence-electron chi connectivity index (χ2n) is 7.47. The monoisotopic (exact) mass is 388 g/mol. The number of aryl methyl sites for hydroxylation is 1. The summed E-state index contributed by atoms with van der Waals surface area (Å²) in [6, 6.07) is 10.5. The first kappa shape index (κ1) is 18.0. The van der Waals surface area contributed by atoms with E-state index in [1.165, 1.54) is 12.8 Å². The van der Waals surface area contributed by atoms with Crippen LogP contribution in [0.1, 0.15) is 24.4 Å². The summed E-state index contributed by atoms with van der Waals surface area (Å²) in [6.45, 7) is 4.81. The van der Waals surface area contributed by atoms with E-state index in [2.05, 4.69) is 25.7 Å². The molecule has 0 saturated carbocycles. The summed E-state index contributed by atoms with van der Waals surface area (Å²) in [5, 5.41) is 11.2. The van der Waals surface area contributed by atoms with Crippen molar-refractivity contribution in [2.45, 2.75) is 32.4 Å². The lowest BCUT2D eigenvalue weighted by Gasteiger charge is -2.23. The lowest BCUT2D eigenvalue weighted by Crippen LogP contribution is -2.42. The molecule has 3 N–H and O–H groups in total. The van der Waals surface area contributed by atoms with Gasteiger partial charge >= 0.3 is 0 Å². The molecule has 4 aromatic heterocycles. The van der Waals surface area contributed by atoms with Gasteiger partial charge in [0.2, 0.25) is 0 Å². The average molecular weight is 388 g/mol. The molecule has 8 nitrogen and oxygen atoms in total. The van der Waals surface area contributed by atoms with Gasteiger partial charge in [0.25, 0.3) is 0 Å². The van der Waals surface area contributed by atoms with Crippen LogP contribution < -0.4 is 10.6 Å². The lowest BCUT2D eigenvalue weighted by molar-refractivity contribution is 0.386. The molecule has 1 aliphatic rings. The SMILES string of the molecule is Cc1cccc(-c2[nH]c(CNC3CCCNC3)nc2-c2ccn3ncnc3c2)n1. The molecule has 1 saturated heterocycles. The van der Waals surface area contributed by atoms with Crippen LogP contribution in [0.25, 0.3) is 28.3 Å². The second-order valence-corrected chi connectivity index (χ2v) is 7.47. The van der Waals surface area contributed by atoms with E-state index in [-0.39, 0.29) is 0 Å². The van der Waals surface area contributed by atoms with E-state index in [1.807, 2.05) is 43.5 Å². The van der Waals surface area contributed by atoms with E-state index < -0.39 is 0 Å². The van der Waals surface area contributed by atoms with Crippen molar-refractivity contribution in [3.05, 3.63) is 54.4 Å². The summed E-state index contributed by atoms with van der Waals surface area (Å²) < 4.78 is 1.75. The highest BCUT2D eigenvalue weighted by Crippen LogP contribution is 2.29. The number of nitrogens with one attached hydrogen (secondary N) is 3. The minimum Gasteiger partial charge on any atom is -0.339 e. The van der Waals surface area contributed by atoms with Gasteiger partial charge < -0.3 is 15.6 Å².